The van der Waals surface area contributed by atoms with Crippen molar-refractivity contribution in [3.05, 3.63) is 65.6 Å². The van der Waals surface area contributed by atoms with E-state index in [0.717, 1.165) is 5.56 Å². The summed E-state index contributed by atoms with van der Waals surface area (Å²) in [6.07, 6.45) is 0.179. The number of hydrogen-bond acceptors (Lipinski definition) is 3. The molecule has 0 spiro atoms. The van der Waals surface area contributed by atoms with Crippen LogP contribution >= 0.6 is 0 Å². The standard InChI is InChI=1S/C19H18FN3O2/c1-12-18(19(23-22-12)15-8-3-4-9-16(15)20)21-17(24)11-13-6-5-7-14(10-13)25-2/h3-10H,11H2,1-2H3,(H,21,24)(H,22,23). The lowest BCUT2D eigenvalue weighted by Gasteiger charge is -2.08. The van der Waals surface area contributed by atoms with Gasteiger partial charge in [0, 0.05) is 5.56 Å². The van der Waals surface area contributed by atoms with E-state index >= 15 is 0 Å². The van der Waals surface area contributed by atoms with Crippen LogP contribution in [-0.4, -0.2) is 23.2 Å². The quantitative estimate of drug-likeness (QED) is 0.744. The van der Waals surface area contributed by atoms with Gasteiger partial charge >= 0.3 is 0 Å². The van der Waals surface area contributed by atoms with E-state index in [1.54, 1.807) is 38.3 Å². The van der Waals surface area contributed by atoms with Gasteiger partial charge in [0.2, 0.25) is 5.91 Å². The minimum atomic E-state index is -0.391. The topological polar surface area (TPSA) is 67.0 Å². The fourth-order valence-corrected chi connectivity index (χ4v) is 2.58. The molecule has 5 nitrogen and oxygen atoms in total. The maximum Gasteiger partial charge on any atom is 0.228 e. The van der Waals surface area contributed by atoms with Gasteiger partial charge in [-0.25, -0.2) is 4.39 Å². The molecule has 0 aliphatic rings. The van der Waals surface area contributed by atoms with Crippen molar-refractivity contribution in [3.8, 4) is 17.0 Å². The number of halogens is 1. The molecule has 0 aliphatic heterocycles. The SMILES string of the molecule is COc1cccc(CC(=O)Nc2c(-c3ccccc3F)n[nH]c2C)c1. The van der Waals surface area contributed by atoms with Gasteiger partial charge in [-0.15, -0.1) is 0 Å². The zero-order chi connectivity index (χ0) is 17.8. The summed E-state index contributed by atoms with van der Waals surface area (Å²) in [5, 5.41) is 9.76. The van der Waals surface area contributed by atoms with Crippen LogP contribution in [0.2, 0.25) is 0 Å². The van der Waals surface area contributed by atoms with Gasteiger partial charge < -0.3 is 10.1 Å². The maximum absolute atomic E-state index is 14.1. The first-order chi connectivity index (χ1) is 12.1. The number of aryl methyl sites for hydroxylation is 1. The number of benzene rings is 2. The zero-order valence-corrected chi connectivity index (χ0v) is 14.0. The second-order valence-corrected chi connectivity index (χ2v) is 5.63. The van der Waals surface area contributed by atoms with Crippen LogP contribution < -0.4 is 10.1 Å². The number of aromatic amines is 1. The van der Waals surface area contributed by atoms with Gasteiger partial charge in [-0.1, -0.05) is 24.3 Å². The smallest absolute Gasteiger partial charge is 0.228 e. The number of methoxy groups -OCH3 is 1. The van der Waals surface area contributed by atoms with Crippen molar-refractivity contribution in [3.63, 3.8) is 0 Å². The first-order valence-corrected chi connectivity index (χ1v) is 7.81. The molecule has 1 amide bonds. The molecule has 2 N–H and O–H groups in total. The number of rotatable bonds is 5. The minimum Gasteiger partial charge on any atom is -0.497 e. The van der Waals surface area contributed by atoms with Crippen molar-refractivity contribution in [1.82, 2.24) is 10.2 Å². The molecule has 25 heavy (non-hydrogen) atoms. The van der Waals surface area contributed by atoms with Crippen molar-refractivity contribution >= 4 is 11.6 Å². The first kappa shape index (κ1) is 16.7. The average Bonchev–Trinajstić information content (AvgIpc) is 2.96. The van der Waals surface area contributed by atoms with Crippen LogP contribution in [0.3, 0.4) is 0 Å². The van der Waals surface area contributed by atoms with E-state index in [9.17, 15) is 9.18 Å². The molecule has 0 fully saturated rings. The van der Waals surface area contributed by atoms with Gasteiger partial charge in [-0.2, -0.15) is 5.10 Å². The number of aromatic nitrogens is 2. The Morgan fingerprint density at radius 1 is 1.24 bits per heavy atom. The van der Waals surface area contributed by atoms with E-state index in [4.69, 9.17) is 4.74 Å². The van der Waals surface area contributed by atoms with E-state index in [2.05, 4.69) is 15.5 Å². The number of anilines is 1. The Hall–Kier alpha value is -3.15. The van der Waals surface area contributed by atoms with Gasteiger partial charge in [-0.05, 0) is 36.8 Å². The van der Waals surface area contributed by atoms with Crippen LogP contribution in [0, 0.1) is 12.7 Å². The third-order valence-electron chi connectivity index (χ3n) is 3.84. The fraction of sp³-hybridized carbons (Fsp3) is 0.158. The second-order valence-electron chi connectivity index (χ2n) is 5.63. The molecule has 0 atom stereocenters. The molecule has 0 saturated heterocycles. The molecule has 0 radical (unpaired) electrons. The Morgan fingerprint density at radius 3 is 2.80 bits per heavy atom. The summed E-state index contributed by atoms with van der Waals surface area (Å²) in [4.78, 5) is 12.4. The molecule has 0 bridgehead atoms. The molecule has 1 aromatic heterocycles. The number of hydrogen-bond donors (Lipinski definition) is 2. The number of ether oxygens (including phenoxy) is 1. The third kappa shape index (κ3) is 3.68. The molecular formula is C19H18FN3O2. The number of carbonyl (C=O) groups excluding carboxylic acids is 1. The summed E-state index contributed by atoms with van der Waals surface area (Å²) < 4.78 is 19.2. The molecule has 1 heterocycles. The van der Waals surface area contributed by atoms with Crippen LogP contribution in [0.1, 0.15) is 11.3 Å². The minimum absolute atomic E-state index is 0.179. The Morgan fingerprint density at radius 2 is 2.04 bits per heavy atom. The molecule has 0 aliphatic carbocycles. The van der Waals surface area contributed by atoms with E-state index in [1.165, 1.54) is 6.07 Å². The number of nitrogens with zero attached hydrogens (tertiary/aromatic N) is 1. The van der Waals surface area contributed by atoms with Gasteiger partial charge in [0.05, 0.1) is 24.9 Å². The fourth-order valence-electron chi connectivity index (χ4n) is 2.58. The van der Waals surface area contributed by atoms with Crippen LogP contribution in [0.4, 0.5) is 10.1 Å². The Bertz CT molecular complexity index is 905. The summed E-state index contributed by atoms with van der Waals surface area (Å²) in [6, 6.07) is 13.6. The highest BCUT2D eigenvalue weighted by Gasteiger charge is 2.17. The van der Waals surface area contributed by atoms with E-state index in [0.29, 0.717) is 28.4 Å². The predicted molar refractivity (Wildman–Crippen MR) is 94.0 cm³/mol. The highest BCUT2D eigenvalue weighted by atomic mass is 19.1. The summed E-state index contributed by atoms with van der Waals surface area (Å²) in [6.45, 7) is 1.78. The van der Waals surface area contributed by atoms with Crippen molar-refractivity contribution in [2.75, 3.05) is 12.4 Å². The monoisotopic (exact) mass is 339 g/mol. The molecular weight excluding hydrogens is 321 g/mol. The average molecular weight is 339 g/mol. The third-order valence-corrected chi connectivity index (χ3v) is 3.84. The number of nitrogens with one attached hydrogen (secondary N) is 2. The summed E-state index contributed by atoms with van der Waals surface area (Å²) in [7, 11) is 1.58. The highest BCUT2D eigenvalue weighted by molar-refractivity contribution is 5.96. The van der Waals surface area contributed by atoms with E-state index in [-0.39, 0.29) is 12.3 Å². The van der Waals surface area contributed by atoms with Crippen molar-refractivity contribution in [2.24, 2.45) is 0 Å². The Kier molecular flexibility index (Phi) is 4.79. The zero-order valence-electron chi connectivity index (χ0n) is 14.0. The molecule has 2 aromatic carbocycles. The Balaban J connectivity index is 1.82. The molecule has 0 saturated carbocycles. The molecule has 3 rings (SSSR count). The number of carbonyl (C=O) groups is 1. The van der Waals surface area contributed by atoms with E-state index < -0.39 is 5.82 Å². The van der Waals surface area contributed by atoms with Crippen LogP contribution in [0.25, 0.3) is 11.3 Å². The second kappa shape index (κ2) is 7.17. The first-order valence-electron chi connectivity index (χ1n) is 7.81. The van der Waals surface area contributed by atoms with Gasteiger partial charge in [0.25, 0.3) is 0 Å². The van der Waals surface area contributed by atoms with Crippen molar-refractivity contribution in [1.29, 1.82) is 0 Å². The molecule has 128 valence electrons. The lowest BCUT2D eigenvalue weighted by Crippen LogP contribution is -2.15. The lowest BCUT2D eigenvalue weighted by atomic mass is 10.1. The largest absolute Gasteiger partial charge is 0.497 e. The van der Waals surface area contributed by atoms with Crippen molar-refractivity contribution in [2.45, 2.75) is 13.3 Å². The van der Waals surface area contributed by atoms with Crippen LogP contribution in [0.15, 0.2) is 48.5 Å². The number of H-pyrrole nitrogens is 1. The summed E-state index contributed by atoms with van der Waals surface area (Å²) >= 11 is 0. The van der Waals surface area contributed by atoms with Gasteiger partial charge in [-0.3, -0.25) is 9.89 Å². The molecule has 3 aromatic rings. The van der Waals surface area contributed by atoms with Crippen LogP contribution in [-0.2, 0) is 11.2 Å². The van der Waals surface area contributed by atoms with E-state index in [1.807, 2.05) is 18.2 Å². The predicted octanol–water partition coefficient (Wildman–Crippen LogP) is 3.71. The Labute approximate surface area is 144 Å². The maximum atomic E-state index is 14.1. The summed E-state index contributed by atoms with van der Waals surface area (Å²) in [5.74, 6) is 0.0875. The van der Waals surface area contributed by atoms with Gasteiger partial charge in [0.1, 0.15) is 17.3 Å². The van der Waals surface area contributed by atoms with Crippen molar-refractivity contribution < 1.29 is 13.9 Å². The summed E-state index contributed by atoms with van der Waals surface area (Å²) in [5.41, 5.74) is 2.69. The van der Waals surface area contributed by atoms with Crippen LogP contribution in [0.5, 0.6) is 5.75 Å². The normalized spacial score (nSPS) is 10.5. The lowest BCUT2D eigenvalue weighted by molar-refractivity contribution is -0.115. The molecule has 0 unspecified atom stereocenters. The molecule has 6 heteroatoms. The van der Waals surface area contributed by atoms with Gasteiger partial charge in [0.15, 0.2) is 0 Å². The number of amides is 1. The highest BCUT2D eigenvalue weighted by Crippen LogP contribution is 2.30.